The average Bonchev–Trinajstić information content (AvgIpc) is 2.28. The van der Waals surface area contributed by atoms with Gasteiger partial charge in [0.25, 0.3) is 0 Å². The van der Waals surface area contributed by atoms with E-state index in [0.29, 0.717) is 12.4 Å². The Morgan fingerprint density at radius 1 is 1.50 bits per heavy atom. The average molecular weight is 238 g/mol. The second kappa shape index (κ2) is 6.40. The second-order valence-corrected chi connectivity index (χ2v) is 4.18. The minimum absolute atomic E-state index is 0.536. The molecule has 4 nitrogen and oxygen atoms in total. The van der Waals surface area contributed by atoms with E-state index < -0.39 is 0 Å². The Labute approximate surface area is 101 Å². The van der Waals surface area contributed by atoms with Crippen LogP contribution in [0.25, 0.3) is 0 Å². The van der Waals surface area contributed by atoms with Gasteiger partial charge in [-0.25, -0.2) is 4.40 Å². The van der Waals surface area contributed by atoms with Gasteiger partial charge in [0, 0.05) is 25.0 Å². The first kappa shape index (κ1) is 12.9. The van der Waals surface area contributed by atoms with Gasteiger partial charge in [-0.1, -0.05) is 12.1 Å². The molecule has 0 heterocycles. The summed E-state index contributed by atoms with van der Waals surface area (Å²) in [5.41, 5.74) is 14.5. The molecule has 0 saturated heterocycles. The summed E-state index contributed by atoms with van der Waals surface area (Å²) in [5.74, 6) is 1.40. The number of hydrogen-bond acceptors (Lipinski definition) is 4. The van der Waals surface area contributed by atoms with Crippen molar-refractivity contribution < 1.29 is 0 Å². The van der Waals surface area contributed by atoms with Crippen LogP contribution in [0.1, 0.15) is 18.1 Å². The third kappa shape index (κ3) is 3.75. The molecule has 0 bridgehead atoms. The van der Waals surface area contributed by atoms with E-state index in [1.165, 1.54) is 17.5 Å². The standard InChI is InChI=1S/C11H18N4S/c1-8(13)15-16-7-9-3-4-11(14-2)10(5-9)6-12/h3-5,14H,6-7,12H2,1-2H3,(H2,13,15). The summed E-state index contributed by atoms with van der Waals surface area (Å²) in [7, 11) is 1.89. The molecule has 0 atom stereocenters. The van der Waals surface area contributed by atoms with Gasteiger partial charge in [0.1, 0.15) is 5.84 Å². The van der Waals surface area contributed by atoms with Gasteiger partial charge in [-0.15, -0.1) is 0 Å². The van der Waals surface area contributed by atoms with Crippen LogP contribution in [0, 0.1) is 0 Å². The zero-order valence-electron chi connectivity index (χ0n) is 9.66. The monoisotopic (exact) mass is 238 g/mol. The Morgan fingerprint density at radius 3 is 2.81 bits per heavy atom. The number of nitrogens with two attached hydrogens (primary N) is 2. The molecule has 1 rings (SSSR count). The smallest absolute Gasteiger partial charge is 0.104 e. The summed E-state index contributed by atoms with van der Waals surface area (Å²) in [5, 5.41) is 3.11. The van der Waals surface area contributed by atoms with Crippen molar-refractivity contribution in [2.75, 3.05) is 12.4 Å². The van der Waals surface area contributed by atoms with Crippen molar-refractivity contribution in [3.8, 4) is 0 Å². The van der Waals surface area contributed by atoms with Crippen LogP contribution in [0.2, 0.25) is 0 Å². The van der Waals surface area contributed by atoms with Gasteiger partial charge in [-0.05, 0) is 36.1 Å². The maximum atomic E-state index is 5.68. The maximum absolute atomic E-state index is 5.68. The third-order valence-corrected chi connectivity index (χ3v) is 2.98. The molecule has 0 fully saturated rings. The van der Waals surface area contributed by atoms with Crippen molar-refractivity contribution in [2.24, 2.45) is 15.9 Å². The predicted octanol–water partition coefficient (Wildman–Crippen LogP) is 1.71. The number of nitrogens with zero attached hydrogens (tertiary/aromatic N) is 1. The number of anilines is 1. The van der Waals surface area contributed by atoms with E-state index in [4.69, 9.17) is 11.5 Å². The number of nitrogens with one attached hydrogen (secondary N) is 1. The van der Waals surface area contributed by atoms with Crippen LogP contribution >= 0.6 is 11.9 Å². The number of benzene rings is 1. The summed E-state index contributed by atoms with van der Waals surface area (Å²) in [6.45, 7) is 2.32. The van der Waals surface area contributed by atoms with E-state index in [-0.39, 0.29) is 0 Å². The molecule has 16 heavy (non-hydrogen) atoms. The minimum Gasteiger partial charge on any atom is -0.388 e. The lowest BCUT2D eigenvalue weighted by molar-refractivity contribution is 1.06. The van der Waals surface area contributed by atoms with E-state index in [1.807, 2.05) is 13.1 Å². The Balaban J connectivity index is 2.71. The molecule has 1 aromatic carbocycles. The first-order valence-corrected chi connectivity index (χ1v) is 6.03. The molecular formula is C11H18N4S. The van der Waals surface area contributed by atoms with Gasteiger partial charge >= 0.3 is 0 Å². The molecule has 0 amide bonds. The topological polar surface area (TPSA) is 76.4 Å². The lowest BCUT2D eigenvalue weighted by atomic mass is 10.1. The van der Waals surface area contributed by atoms with Crippen LogP contribution in [0.5, 0.6) is 0 Å². The molecule has 5 N–H and O–H groups in total. The Bertz CT molecular complexity index is 372. The summed E-state index contributed by atoms with van der Waals surface area (Å²) in [4.78, 5) is 0. The van der Waals surface area contributed by atoms with Gasteiger partial charge < -0.3 is 16.8 Å². The Hall–Kier alpha value is -1.20. The van der Waals surface area contributed by atoms with Crippen molar-refractivity contribution >= 4 is 23.5 Å². The van der Waals surface area contributed by atoms with Crippen LogP contribution < -0.4 is 16.8 Å². The summed E-state index contributed by atoms with van der Waals surface area (Å²) >= 11 is 1.45. The first-order valence-electron chi connectivity index (χ1n) is 5.09. The highest BCUT2D eigenvalue weighted by atomic mass is 32.2. The highest BCUT2D eigenvalue weighted by Gasteiger charge is 2.01. The minimum atomic E-state index is 0.536. The fourth-order valence-electron chi connectivity index (χ4n) is 1.36. The Kier molecular flexibility index (Phi) is 5.14. The molecule has 0 spiro atoms. The number of amidine groups is 1. The van der Waals surface area contributed by atoms with E-state index in [1.54, 1.807) is 6.92 Å². The summed E-state index contributed by atoms with van der Waals surface area (Å²) in [6.07, 6.45) is 0. The lowest BCUT2D eigenvalue weighted by Gasteiger charge is -2.08. The van der Waals surface area contributed by atoms with Crippen LogP contribution in [0.15, 0.2) is 22.6 Å². The van der Waals surface area contributed by atoms with Gasteiger partial charge in [-0.3, -0.25) is 0 Å². The molecule has 0 saturated carbocycles. The first-order chi connectivity index (χ1) is 7.67. The molecule has 88 valence electrons. The van der Waals surface area contributed by atoms with Crippen molar-refractivity contribution in [2.45, 2.75) is 19.2 Å². The van der Waals surface area contributed by atoms with Gasteiger partial charge in [0.05, 0.1) is 0 Å². The molecular weight excluding hydrogens is 220 g/mol. The quantitative estimate of drug-likeness (QED) is 0.415. The largest absolute Gasteiger partial charge is 0.388 e. The molecule has 0 aromatic heterocycles. The third-order valence-electron chi connectivity index (χ3n) is 2.10. The fraction of sp³-hybridized carbons (Fsp3) is 0.364. The van der Waals surface area contributed by atoms with Crippen LogP contribution in [-0.2, 0) is 12.3 Å². The van der Waals surface area contributed by atoms with Gasteiger partial charge in [0.2, 0.25) is 0 Å². The van der Waals surface area contributed by atoms with E-state index in [0.717, 1.165) is 17.0 Å². The Morgan fingerprint density at radius 2 is 2.25 bits per heavy atom. The molecule has 5 heteroatoms. The van der Waals surface area contributed by atoms with Crippen molar-refractivity contribution in [3.05, 3.63) is 29.3 Å². The van der Waals surface area contributed by atoms with Crippen molar-refractivity contribution in [3.63, 3.8) is 0 Å². The zero-order chi connectivity index (χ0) is 12.0. The molecule has 0 unspecified atom stereocenters. The van der Waals surface area contributed by atoms with Gasteiger partial charge in [0.15, 0.2) is 0 Å². The predicted molar refractivity (Wildman–Crippen MR) is 72.5 cm³/mol. The fourth-order valence-corrected chi connectivity index (χ4v) is 1.96. The highest BCUT2D eigenvalue weighted by molar-refractivity contribution is 7.97. The van der Waals surface area contributed by atoms with Crippen LogP contribution in [0.3, 0.4) is 0 Å². The molecule has 0 aliphatic carbocycles. The van der Waals surface area contributed by atoms with Crippen LogP contribution in [0.4, 0.5) is 5.69 Å². The van der Waals surface area contributed by atoms with E-state index in [2.05, 4.69) is 21.8 Å². The van der Waals surface area contributed by atoms with E-state index in [9.17, 15) is 0 Å². The van der Waals surface area contributed by atoms with Crippen molar-refractivity contribution in [1.29, 1.82) is 0 Å². The summed E-state index contributed by atoms with van der Waals surface area (Å²) < 4.78 is 4.08. The SMILES string of the molecule is CNc1ccc(CS/N=C(/C)N)cc1CN. The van der Waals surface area contributed by atoms with Crippen LogP contribution in [-0.4, -0.2) is 12.9 Å². The maximum Gasteiger partial charge on any atom is 0.104 e. The number of rotatable bonds is 5. The highest BCUT2D eigenvalue weighted by Crippen LogP contribution is 2.20. The number of hydrogen-bond donors (Lipinski definition) is 3. The normalized spacial score (nSPS) is 11.6. The van der Waals surface area contributed by atoms with E-state index >= 15 is 0 Å². The molecule has 0 radical (unpaired) electrons. The summed E-state index contributed by atoms with van der Waals surface area (Å²) in [6, 6.07) is 6.21. The second-order valence-electron chi connectivity index (χ2n) is 3.45. The molecule has 1 aromatic rings. The van der Waals surface area contributed by atoms with Crippen molar-refractivity contribution in [1.82, 2.24) is 0 Å². The molecule has 0 aliphatic heterocycles. The zero-order valence-corrected chi connectivity index (χ0v) is 10.5. The lowest BCUT2D eigenvalue weighted by Crippen LogP contribution is -2.04. The van der Waals surface area contributed by atoms with Gasteiger partial charge in [-0.2, -0.15) is 0 Å². The molecule has 0 aliphatic rings.